The highest BCUT2D eigenvalue weighted by Gasteiger charge is 1.97. The van der Waals surface area contributed by atoms with Crippen LogP contribution in [0.25, 0.3) is 11.3 Å². The number of H-pyrrole nitrogens is 1. The van der Waals surface area contributed by atoms with Crippen molar-refractivity contribution in [3.05, 3.63) is 31.1 Å². The van der Waals surface area contributed by atoms with Gasteiger partial charge in [0.15, 0.2) is 0 Å². The number of hydrogen-bond donors (Lipinski definition) is 1. The van der Waals surface area contributed by atoms with E-state index in [0.29, 0.717) is 0 Å². The molecule has 0 saturated carbocycles. The number of furan rings is 1. The van der Waals surface area contributed by atoms with Crippen molar-refractivity contribution < 1.29 is 4.42 Å². The third-order valence-corrected chi connectivity index (χ3v) is 1.33. The van der Waals surface area contributed by atoms with Crippen molar-refractivity contribution in [3.63, 3.8) is 0 Å². The lowest BCUT2D eigenvalue weighted by Crippen LogP contribution is -1.68. The molecule has 0 amide bonds. The number of nitrogens with zero attached hydrogens (tertiary/aromatic N) is 1. The third-order valence-electron chi connectivity index (χ3n) is 1.33. The molecule has 0 bridgehead atoms. The SMILES string of the molecule is c1ncc(-c2ccoc2)[nH]1. The zero-order valence-corrected chi connectivity index (χ0v) is 5.24. The summed E-state index contributed by atoms with van der Waals surface area (Å²) in [6.07, 6.45) is 6.71. The molecule has 0 aliphatic rings. The van der Waals surface area contributed by atoms with Crippen molar-refractivity contribution in [2.24, 2.45) is 0 Å². The molecule has 3 nitrogen and oxygen atoms in total. The highest BCUT2D eigenvalue weighted by atomic mass is 16.3. The Morgan fingerprint density at radius 2 is 2.50 bits per heavy atom. The lowest BCUT2D eigenvalue weighted by atomic mass is 10.3. The number of aromatic nitrogens is 2. The van der Waals surface area contributed by atoms with Gasteiger partial charge in [-0.05, 0) is 6.07 Å². The topological polar surface area (TPSA) is 41.8 Å². The third kappa shape index (κ3) is 0.719. The van der Waals surface area contributed by atoms with Crippen LogP contribution in [0.15, 0.2) is 35.5 Å². The maximum absolute atomic E-state index is 4.89. The number of nitrogens with one attached hydrogen (secondary N) is 1. The molecule has 0 aliphatic heterocycles. The fourth-order valence-corrected chi connectivity index (χ4v) is 0.831. The summed E-state index contributed by atoms with van der Waals surface area (Å²) in [7, 11) is 0. The minimum absolute atomic E-state index is 0.980. The van der Waals surface area contributed by atoms with E-state index in [9.17, 15) is 0 Å². The summed E-state index contributed by atoms with van der Waals surface area (Å²) >= 11 is 0. The van der Waals surface area contributed by atoms with Crippen molar-refractivity contribution in [2.75, 3.05) is 0 Å². The molecule has 2 heterocycles. The first kappa shape index (κ1) is 5.29. The normalized spacial score (nSPS) is 10.0. The van der Waals surface area contributed by atoms with Crippen LogP contribution in [-0.4, -0.2) is 9.97 Å². The zero-order chi connectivity index (χ0) is 6.81. The highest BCUT2D eigenvalue weighted by Crippen LogP contribution is 2.14. The summed E-state index contributed by atoms with van der Waals surface area (Å²) in [6.45, 7) is 0. The summed E-state index contributed by atoms with van der Waals surface area (Å²) in [5, 5.41) is 0. The van der Waals surface area contributed by atoms with Gasteiger partial charge in [-0.3, -0.25) is 0 Å². The Labute approximate surface area is 57.7 Å². The predicted molar refractivity (Wildman–Crippen MR) is 36.3 cm³/mol. The predicted octanol–water partition coefficient (Wildman–Crippen LogP) is 1.67. The van der Waals surface area contributed by atoms with Gasteiger partial charge in [-0.25, -0.2) is 4.98 Å². The number of imidazole rings is 1. The quantitative estimate of drug-likeness (QED) is 0.644. The Bertz CT molecular complexity index is 251. The Morgan fingerprint density at radius 1 is 1.50 bits per heavy atom. The van der Waals surface area contributed by atoms with E-state index in [1.807, 2.05) is 6.07 Å². The number of rotatable bonds is 1. The molecular weight excluding hydrogens is 128 g/mol. The molecule has 0 unspecified atom stereocenters. The van der Waals surface area contributed by atoms with Gasteiger partial charge >= 0.3 is 0 Å². The van der Waals surface area contributed by atoms with Crippen LogP contribution < -0.4 is 0 Å². The van der Waals surface area contributed by atoms with E-state index < -0.39 is 0 Å². The lowest BCUT2D eigenvalue weighted by molar-refractivity contribution is 0.568. The van der Waals surface area contributed by atoms with Crippen LogP contribution in [0.5, 0.6) is 0 Å². The van der Waals surface area contributed by atoms with Crippen LogP contribution in [0.2, 0.25) is 0 Å². The van der Waals surface area contributed by atoms with Crippen molar-refractivity contribution in [3.8, 4) is 11.3 Å². The molecule has 50 valence electrons. The van der Waals surface area contributed by atoms with Crippen LogP contribution in [0.4, 0.5) is 0 Å². The average Bonchev–Trinajstić information content (AvgIpc) is 2.59. The largest absolute Gasteiger partial charge is 0.472 e. The second-order valence-corrected chi connectivity index (χ2v) is 1.98. The summed E-state index contributed by atoms with van der Waals surface area (Å²) in [4.78, 5) is 6.85. The average molecular weight is 134 g/mol. The Morgan fingerprint density at radius 3 is 3.10 bits per heavy atom. The van der Waals surface area contributed by atoms with E-state index in [-0.39, 0.29) is 0 Å². The van der Waals surface area contributed by atoms with E-state index in [1.165, 1.54) is 0 Å². The Balaban J connectivity index is 2.48. The summed E-state index contributed by atoms with van der Waals surface area (Å²) in [5.41, 5.74) is 2.01. The van der Waals surface area contributed by atoms with Gasteiger partial charge in [0.1, 0.15) is 0 Å². The van der Waals surface area contributed by atoms with Crippen molar-refractivity contribution in [2.45, 2.75) is 0 Å². The lowest BCUT2D eigenvalue weighted by Gasteiger charge is -1.84. The van der Waals surface area contributed by atoms with Crippen molar-refractivity contribution in [1.29, 1.82) is 0 Å². The molecule has 0 saturated heterocycles. The second-order valence-electron chi connectivity index (χ2n) is 1.98. The molecule has 2 rings (SSSR count). The fraction of sp³-hybridized carbons (Fsp3) is 0. The summed E-state index contributed by atoms with van der Waals surface area (Å²) in [6, 6.07) is 1.88. The van der Waals surface area contributed by atoms with E-state index >= 15 is 0 Å². The van der Waals surface area contributed by atoms with Gasteiger partial charge in [0.25, 0.3) is 0 Å². The maximum atomic E-state index is 4.89. The van der Waals surface area contributed by atoms with E-state index in [0.717, 1.165) is 11.3 Å². The van der Waals surface area contributed by atoms with Crippen molar-refractivity contribution >= 4 is 0 Å². The van der Waals surface area contributed by atoms with Gasteiger partial charge in [0.05, 0.1) is 30.7 Å². The monoisotopic (exact) mass is 134 g/mol. The molecule has 0 fully saturated rings. The number of aromatic amines is 1. The molecule has 2 aromatic rings. The Kier molecular flexibility index (Phi) is 1.07. The minimum atomic E-state index is 0.980. The minimum Gasteiger partial charge on any atom is -0.472 e. The van der Waals surface area contributed by atoms with Gasteiger partial charge in [-0.15, -0.1) is 0 Å². The Hall–Kier alpha value is -1.51. The molecule has 0 atom stereocenters. The van der Waals surface area contributed by atoms with Crippen LogP contribution >= 0.6 is 0 Å². The van der Waals surface area contributed by atoms with Gasteiger partial charge in [-0.2, -0.15) is 0 Å². The van der Waals surface area contributed by atoms with Gasteiger partial charge in [-0.1, -0.05) is 0 Å². The molecule has 3 heteroatoms. The smallest absolute Gasteiger partial charge is 0.0996 e. The molecule has 1 N–H and O–H groups in total. The summed E-state index contributed by atoms with van der Waals surface area (Å²) < 4.78 is 4.89. The molecule has 2 aromatic heterocycles. The van der Waals surface area contributed by atoms with Crippen LogP contribution in [-0.2, 0) is 0 Å². The van der Waals surface area contributed by atoms with E-state index in [1.54, 1.807) is 25.1 Å². The molecule has 0 aromatic carbocycles. The first-order valence-electron chi connectivity index (χ1n) is 2.98. The molecule has 0 aliphatic carbocycles. The van der Waals surface area contributed by atoms with E-state index in [2.05, 4.69) is 9.97 Å². The molecule has 0 radical (unpaired) electrons. The van der Waals surface area contributed by atoms with Gasteiger partial charge < -0.3 is 9.40 Å². The second kappa shape index (κ2) is 2.02. The first-order valence-corrected chi connectivity index (χ1v) is 2.98. The number of hydrogen-bond acceptors (Lipinski definition) is 2. The van der Waals surface area contributed by atoms with Crippen LogP contribution in [0, 0.1) is 0 Å². The van der Waals surface area contributed by atoms with Gasteiger partial charge in [0.2, 0.25) is 0 Å². The van der Waals surface area contributed by atoms with Crippen molar-refractivity contribution in [1.82, 2.24) is 9.97 Å². The maximum Gasteiger partial charge on any atom is 0.0996 e. The zero-order valence-electron chi connectivity index (χ0n) is 5.24. The molecule has 0 spiro atoms. The fourth-order valence-electron chi connectivity index (χ4n) is 0.831. The van der Waals surface area contributed by atoms with Gasteiger partial charge in [0, 0.05) is 5.56 Å². The summed E-state index contributed by atoms with van der Waals surface area (Å²) in [5.74, 6) is 0. The first-order chi connectivity index (χ1) is 4.97. The van der Waals surface area contributed by atoms with Crippen LogP contribution in [0.1, 0.15) is 0 Å². The molecule has 10 heavy (non-hydrogen) atoms. The highest BCUT2D eigenvalue weighted by molar-refractivity contribution is 5.55. The molecular formula is C7H6N2O. The van der Waals surface area contributed by atoms with Crippen LogP contribution in [0.3, 0.4) is 0 Å². The van der Waals surface area contributed by atoms with E-state index in [4.69, 9.17) is 4.42 Å². The standard InChI is InChI=1S/C7H6N2O/c1-2-10-4-6(1)7-3-8-5-9-7/h1-5H,(H,8,9).